The third kappa shape index (κ3) is 4.35. The van der Waals surface area contributed by atoms with Gasteiger partial charge in [-0.25, -0.2) is 0 Å². The van der Waals surface area contributed by atoms with Crippen molar-refractivity contribution in [2.75, 3.05) is 0 Å². The van der Waals surface area contributed by atoms with Crippen molar-refractivity contribution >= 4 is 0 Å². The average molecular weight is 215 g/mol. The molecule has 1 heteroatoms. The molecule has 16 heavy (non-hydrogen) atoms. The van der Waals surface area contributed by atoms with Crippen molar-refractivity contribution in [1.29, 1.82) is 0 Å². The zero-order valence-corrected chi connectivity index (χ0v) is 10.5. The van der Waals surface area contributed by atoms with E-state index >= 15 is 0 Å². The lowest BCUT2D eigenvalue weighted by Crippen LogP contribution is -1.92. The van der Waals surface area contributed by atoms with Crippen LogP contribution in [0.5, 0.6) is 0 Å². The maximum atomic E-state index is 5.63. The minimum atomic E-state index is 0.856. The number of aryl methyl sites for hydroxylation is 1. The minimum Gasteiger partial charge on any atom is -0.402 e. The minimum absolute atomic E-state index is 0.856. The van der Waals surface area contributed by atoms with Gasteiger partial charge in [-0.1, -0.05) is 48.4 Å². The molecule has 1 aromatic rings. The largest absolute Gasteiger partial charge is 0.402 e. The van der Waals surface area contributed by atoms with Gasteiger partial charge in [-0.3, -0.25) is 0 Å². The molecule has 0 heterocycles. The molecule has 86 valence electrons. The van der Waals surface area contributed by atoms with Gasteiger partial charge in [0.1, 0.15) is 0 Å². The number of benzene rings is 1. The van der Waals surface area contributed by atoms with Crippen LogP contribution in [0.4, 0.5) is 0 Å². The fraction of sp³-hybridized carbons (Fsp3) is 0.333. The maximum Gasteiger partial charge on any atom is 0.00488 e. The van der Waals surface area contributed by atoms with Gasteiger partial charge in [-0.2, -0.15) is 0 Å². The molecule has 0 saturated carbocycles. The summed E-state index contributed by atoms with van der Waals surface area (Å²) in [7, 11) is 0. The van der Waals surface area contributed by atoms with Crippen LogP contribution in [-0.4, -0.2) is 0 Å². The Morgan fingerprint density at radius 3 is 2.31 bits per heavy atom. The number of nitrogens with two attached hydrogens (primary N) is 1. The standard InChI is InChI=1S/C15H21N/c1-4-14(10-7-13(3)16)11-15-8-5-12(2)6-9-15/h5-10H,4,11,16H2,1-3H3/b13-7+,14-10+. The molecule has 0 unspecified atom stereocenters. The van der Waals surface area contributed by atoms with E-state index in [0.29, 0.717) is 0 Å². The summed E-state index contributed by atoms with van der Waals surface area (Å²) in [6.45, 7) is 6.20. The van der Waals surface area contributed by atoms with Crippen molar-refractivity contribution in [2.45, 2.75) is 33.6 Å². The van der Waals surface area contributed by atoms with Crippen LogP contribution < -0.4 is 5.73 Å². The van der Waals surface area contributed by atoms with E-state index in [2.05, 4.69) is 44.2 Å². The molecule has 0 bridgehead atoms. The molecule has 1 rings (SSSR count). The molecule has 0 atom stereocenters. The van der Waals surface area contributed by atoms with Gasteiger partial charge < -0.3 is 5.73 Å². The van der Waals surface area contributed by atoms with Crippen LogP contribution in [0.1, 0.15) is 31.4 Å². The SMILES string of the molecule is CC/C(=C\C=C(/C)N)Cc1ccc(C)cc1. The molecule has 0 aliphatic rings. The lowest BCUT2D eigenvalue weighted by Gasteiger charge is -2.04. The van der Waals surface area contributed by atoms with Crippen LogP contribution in [0.2, 0.25) is 0 Å². The third-order valence-corrected chi connectivity index (χ3v) is 2.59. The Balaban J connectivity index is 2.74. The van der Waals surface area contributed by atoms with Crippen molar-refractivity contribution in [1.82, 2.24) is 0 Å². The molecule has 0 amide bonds. The second-order valence-electron chi connectivity index (χ2n) is 4.25. The molecule has 0 saturated heterocycles. The molecule has 1 aromatic carbocycles. The zero-order valence-electron chi connectivity index (χ0n) is 10.5. The first kappa shape index (κ1) is 12.6. The Morgan fingerprint density at radius 2 is 1.81 bits per heavy atom. The van der Waals surface area contributed by atoms with Gasteiger partial charge in [0, 0.05) is 5.70 Å². The second-order valence-corrected chi connectivity index (χ2v) is 4.25. The summed E-state index contributed by atoms with van der Waals surface area (Å²) in [4.78, 5) is 0. The van der Waals surface area contributed by atoms with E-state index in [-0.39, 0.29) is 0 Å². The Kier molecular flexibility index (Phi) is 4.84. The Hall–Kier alpha value is -1.50. The van der Waals surface area contributed by atoms with Crippen molar-refractivity contribution < 1.29 is 0 Å². The molecule has 0 aliphatic heterocycles. The van der Waals surface area contributed by atoms with Gasteiger partial charge in [0.2, 0.25) is 0 Å². The van der Waals surface area contributed by atoms with E-state index in [1.54, 1.807) is 0 Å². The van der Waals surface area contributed by atoms with Gasteiger partial charge in [-0.15, -0.1) is 0 Å². The molecular formula is C15H21N. The van der Waals surface area contributed by atoms with Gasteiger partial charge in [-0.05, 0) is 38.3 Å². The third-order valence-electron chi connectivity index (χ3n) is 2.59. The average Bonchev–Trinajstić information content (AvgIpc) is 2.26. The van der Waals surface area contributed by atoms with E-state index in [1.165, 1.54) is 16.7 Å². The number of hydrogen-bond acceptors (Lipinski definition) is 1. The Morgan fingerprint density at radius 1 is 1.19 bits per heavy atom. The fourth-order valence-corrected chi connectivity index (χ4v) is 1.52. The van der Waals surface area contributed by atoms with Crippen LogP contribution in [0.15, 0.2) is 47.7 Å². The van der Waals surface area contributed by atoms with Crippen LogP contribution in [0, 0.1) is 6.92 Å². The monoisotopic (exact) mass is 215 g/mol. The lowest BCUT2D eigenvalue weighted by molar-refractivity contribution is 1.00. The smallest absolute Gasteiger partial charge is 0.00488 e. The normalized spacial score (nSPS) is 12.9. The first-order valence-electron chi connectivity index (χ1n) is 5.79. The van der Waals surface area contributed by atoms with Crippen molar-refractivity contribution in [3.63, 3.8) is 0 Å². The van der Waals surface area contributed by atoms with Crippen LogP contribution in [0.25, 0.3) is 0 Å². The molecule has 0 spiro atoms. The summed E-state index contributed by atoms with van der Waals surface area (Å²) in [5.74, 6) is 0. The molecule has 0 aliphatic carbocycles. The predicted octanol–water partition coefficient (Wildman–Crippen LogP) is 3.74. The van der Waals surface area contributed by atoms with Gasteiger partial charge >= 0.3 is 0 Å². The molecule has 0 fully saturated rings. The first-order chi connectivity index (χ1) is 7.61. The van der Waals surface area contributed by atoms with Crippen molar-refractivity contribution in [2.24, 2.45) is 5.73 Å². The highest BCUT2D eigenvalue weighted by Crippen LogP contribution is 2.12. The Bertz CT molecular complexity index is 378. The van der Waals surface area contributed by atoms with Gasteiger partial charge in [0.25, 0.3) is 0 Å². The summed E-state index contributed by atoms with van der Waals surface area (Å²) < 4.78 is 0. The van der Waals surface area contributed by atoms with Crippen molar-refractivity contribution in [3.8, 4) is 0 Å². The Labute approximate surface area is 98.7 Å². The summed E-state index contributed by atoms with van der Waals surface area (Å²) in [5, 5.41) is 0. The lowest BCUT2D eigenvalue weighted by atomic mass is 10.0. The summed E-state index contributed by atoms with van der Waals surface area (Å²) in [6, 6.07) is 8.70. The maximum absolute atomic E-state index is 5.63. The van der Waals surface area contributed by atoms with Crippen LogP contribution >= 0.6 is 0 Å². The summed E-state index contributed by atoms with van der Waals surface area (Å²) in [5.41, 5.74) is 10.6. The summed E-state index contributed by atoms with van der Waals surface area (Å²) in [6.07, 6.45) is 6.19. The highest BCUT2D eigenvalue weighted by molar-refractivity contribution is 5.27. The van der Waals surface area contributed by atoms with Crippen LogP contribution in [-0.2, 0) is 6.42 Å². The van der Waals surface area contributed by atoms with E-state index in [0.717, 1.165) is 18.5 Å². The quantitative estimate of drug-likeness (QED) is 0.761. The number of rotatable bonds is 4. The number of allylic oxidation sites excluding steroid dienone is 4. The zero-order chi connectivity index (χ0) is 12.0. The first-order valence-corrected chi connectivity index (χ1v) is 5.79. The van der Waals surface area contributed by atoms with E-state index in [9.17, 15) is 0 Å². The number of hydrogen-bond donors (Lipinski definition) is 1. The second kappa shape index (κ2) is 6.16. The highest BCUT2D eigenvalue weighted by Gasteiger charge is 1.96. The molecule has 1 nitrogen and oxygen atoms in total. The van der Waals surface area contributed by atoms with E-state index < -0.39 is 0 Å². The van der Waals surface area contributed by atoms with Crippen molar-refractivity contribution in [3.05, 3.63) is 58.8 Å². The van der Waals surface area contributed by atoms with E-state index in [4.69, 9.17) is 5.73 Å². The van der Waals surface area contributed by atoms with Gasteiger partial charge in [0.05, 0.1) is 0 Å². The molecule has 2 N–H and O–H groups in total. The fourth-order valence-electron chi connectivity index (χ4n) is 1.52. The highest BCUT2D eigenvalue weighted by atomic mass is 14.5. The van der Waals surface area contributed by atoms with Crippen LogP contribution in [0.3, 0.4) is 0 Å². The topological polar surface area (TPSA) is 26.0 Å². The molecule has 0 aromatic heterocycles. The van der Waals surface area contributed by atoms with Gasteiger partial charge in [0.15, 0.2) is 0 Å². The predicted molar refractivity (Wildman–Crippen MR) is 71.2 cm³/mol. The molecular weight excluding hydrogens is 194 g/mol. The van der Waals surface area contributed by atoms with E-state index in [1.807, 2.05) is 13.0 Å². The molecule has 0 radical (unpaired) electrons. The summed E-state index contributed by atoms with van der Waals surface area (Å²) >= 11 is 0.